The number of methoxy groups -OCH3 is 1. The van der Waals surface area contributed by atoms with Crippen molar-refractivity contribution in [2.24, 2.45) is 0 Å². The van der Waals surface area contributed by atoms with Gasteiger partial charge in [-0.2, -0.15) is 0 Å². The Bertz CT molecular complexity index is 552. The van der Waals surface area contributed by atoms with Crippen LogP contribution >= 0.6 is 0 Å². The van der Waals surface area contributed by atoms with Gasteiger partial charge in [-0.05, 0) is 36.8 Å². The Kier molecular flexibility index (Phi) is 4.60. The second kappa shape index (κ2) is 6.61. The quantitative estimate of drug-likeness (QED) is 0.892. The summed E-state index contributed by atoms with van der Waals surface area (Å²) in [5.74, 6) is 0.758. The molecule has 0 spiro atoms. The zero-order valence-electron chi connectivity index (χ0n) is 11.6. The van der Waals surface area contributed by atoms with E-state index in [2.05, 4.69) is 10.6 Å². The Morgan fingerprint density at radius 3 is 2.30 bits per heavy atom. The third-order valence-corrected chi connectivity index (χ3v) is 3.00. The molecule has 2 N–H and O–H groups in total. The molecule has 0 fully saturated rings. The first-order valence-electron chi connectivity index (χ1n) is 6.45. The molecule has 2 aromatic carbocycles. The van der Waals surface area contributed by atoms with E-state index < -0.39 is 0 Å². The lowest BCUT2D eigenvalue weighted by Gasteiger charge is -2.15. The SMILES string of the molecule is COc1ccc(NC(=O)N[C@@H](C)c2ccccc2)cc1. The summed E-state index contributed by atoms with van der Waals surface area (Å²) in [6, 6.07) is 16.7. The zero-order valence-corrected chi connectivity index (χ0v) is 11.6. The standard InChI is InChI=1S/C16H18N2O2/c1-12(13-6-4-3-5-7-13)17-16(19)18-14-8-10-15(20-2)11-9-14/h3-12H,1-2H3,(H2,17,18,19)/t12-/m0/s1. The summed E-state index contributed by atoms with van der Waals surface area (Å²) >= 11 is 0. The lowest BCUT2D eigenvalue weighted by molar-refractivity contribution is 0.249. The number of hydrogen-bond acceptors (Lipinski definition) is 2. The topological polar surface area (TPSA) is 50.4 Å². The summed E-state index contributed by atoms with van der Waals surface area (Å²) in [6.45, 7) is 1.95. The van der Waals surface area contributed by atoms with Crippen molar-refractivity contribution in [2.75, 3.05) is 12.4 Å². The van der Waals surface area contributed by atoms with Crippen molar-refractivity contribution in [1.82, 2.24) is 5.32 Å². The van der Waals surface area contributed by atoms with Crippen LogP contribution in [0.4, 0.5) is 10.5 Å². The Labute approximate surface area is 118 Å². The summed E-state index contributed by atoms with van der Waals surface area (Å²) in [7, 11) is 1.61. The van der Waals surface area contributed by atoms with Crippen LogP contribution in [0.1, 0.15) is 18.5 Å². The van der Waals surface area contributed by atoms with Gasteiger partial charge >= 0.3 is 6.03 Å². The van der Waals surface area contributed by atoms with Gasteiger partial charge in [-0.15, -0.1) is 0 Å². The third kappa shape index (κ3) is 3.75. The van der Waals surface area contributed by atoms with E-state index in [0.717, 1.165) is 17.0 Å². The molecular formula is C16H18N2O2. The fourth-order valence-electron chi connectivity index (χ4n) is 1.86. The van der Waals surface area contributed by atoms with E-state index in [4.69, 9.17) is 4.74 Å². The minimum absolute atomic E-state index is 0.0468. The Hall–Kier alpha value is -2.49. The van der Waals surface area contributed by atoms with Crippen LogP contribution in [0.25, 0.3) is 0 Å². The van der Waals surface area contributed by atoms with Gasteiger partial charge in [0.05, 0.1) is 13.2 Å². The van der Waals surface area contributed by atoms with Crippen LogP contribution in [-0.4, -0.2) is 13.1 Å². The van der Waals surface area contributed by atoms with Crippen molar-refractivity contribution in [2.45, 2.75) is 13.0 Å². The van der Waals surface area contributed by atoms with Crippen LogP contribution in [0.15, 0.2) is 54.6 Å². The second-order valence-corrected chi connectivity index (χ2v) is 4.46. The van der Waals surface area contributed by atoms with Gasteiger partial charge in [-0.3, -0.25) is 0 Å². The predicted molar refractivity (Wildman–Crippen MR) is 80.0 cm³/mol. The maximum absolute atomic E-state index is 11.9. The van der Waals surface area contributed by atoms with E-state index in [1.807, 2.05) is 37.3 Å². The van der Waals surface area contributed by atoms with E-state index >= 15 is 0 Å². The average Bonchev–Trinajstić information content (AvgIpc) is 2.49. The number of urea groups is 1. The highest BCUT2D eigenvalue weighted by Crippen LogP contribution is 2.15. The number of ether oxygens (including phenoxy) is 1. The number of carbonyl (C=O) groups excluding carboxylic acids is 1. The Balaban J connectivity index is 1.91. The molecule has 0 aliphatic heterocycles. The van der Waals surface area contributed by atoms with Gasteiger partial charge < -0.3 is 15.4 Å². The van der Waals surface area contributed by atoms with Crippen molar-refractivity contribution < 1.29 is 9.53 Å². The summed E-state index contributed by atoms with van der Waals surface area (Å²) < 4.78 is 5.07. The molecule has 2 aromatic rings. The first-order valence-corrected chi connectivity index (χ1v) is 6.45. The number of benzene rings is 2. The van der Waals surface area contributed by atoms with Crippen LogP contribution in [0.3, 0.4) is 0 Å². The summed E-state index contributed by atoms with van der Waals surface area (Å²) in [5, 5.41) is 5.68. The fraction of sp³-hybridized carbons (Fsp3) is 0.188. The van der Waals surface area contributed by atoms with Crippen LogP contribution < -0.4 is 15.4 Å². The van der Waals surface area contributed by atoms with Gasteiger partial charge in [0.1, 0.15) is 5.75 Å². The second-order valence-electron chi connectivity index (χ2n) is 4.46. The number of amides is 2. The normalized spacial score (nSPS) is 11.5. The van der Waals surface area contributed by atoms with Crippen molar-refractivity contribution in [3.8, 4) is 5.75 Å². The van der Waals surface area contributed by atoms with Crippen LogP contribution in [0, 0.1) is 0 Å². The maximum atomic E-state index is 11.9. The highest BCUT2D eigenvalue weighted by Gasteiger charge is 2.08. The van der Waals surface area contributed by atoms with Gasteiger partial charge in [-0.1, -0.05) is 30.3 Å². The van der Waals surface area contributed by atoms with E-state index in [0.29, 0.717) is 0 Å². The molecule has 0 heterocycles. The van der Waals surface area contributed by atoms with Gasteiger partial charge in [0.2, 0.25) is 0 Å². The first-order chi connectivity index (χ1) is 9.69. The summed E-state index contributed by atoms with van der Waals surface area (Å²) in [4.78, 5) is 11.9. The summed E-state index contributed by atoms with van der Waals surface area (Å²) in [5.41, 5.74) is 1.79. The maximum Gasteiger partial charge on any atom is 0.319 e. The minimum atomic E-state index is -0.230. The largest absolute Gasteiger partial charge is 0.497 e. The van der Waals surface area contributed by atoms with Gasteiger partial charge in [0.15, 0.2) is 0 Å². The highest BCUT2D eigenvalue weighted by atomic mass is 16.5. The molecule has 0 aromatic heterocycles. The molecule has 2 rings (SSSR count). The fourth-order valence-corrected chi connectivity index (χ4v) is 1.86. The number of hydrogen-bond donors (Lipinski definition) is 2. The molecule has 2 amide bonds. The van der Waals surface area contributed by atoms with Crippen LogP contribution in [0.5, 0.6) is 5.75 Å². The van der Waals surface area contributed by atoms with Gasteiger partial charge in [0, 0.05) is 5.69 Å². The molecule has 20 heavy (non-hydrogen) atoms. The minimum Gasteiger partial charge on any atom is -0.497 e. The van der Waals surface area contributed by atoms with Crippen molar-refractivity contribution >= 4 is 11.7 Å². The van der Waals surface area contributed by atoms with Crippen molar-refractivity contribution in [3.63, 3.8) is 0 Å². The summed E-state index contributed by atoms with van der Waals surface area (Å²) in [6.07, 6.45) is 0. The van der Waals surface area contributed by atoms with E-state index in [-0.39, 0.29) is 12.1 Å². The molecule has 0 saturated heterocycles. The molecule has 1 atom stereocenters. The molecule has 4 heteroatoms. The third-order valence-electron chi connectivity index (χ3n) is 3.00. The lowest BCUT2D eigenvalue weighted by Crippen LogP contribution is -2.31. The molecule has 0 bridgehead atoms. The smallest absolute Gasteiger partial charge is 0.319 e. The Morgan fingerprint density at radius 1 is 1.05 bits per heavy atom. The van der Waals surface area contributed by atoms with E-state index in [9.17, 15) is 4.79 Å². The monoisotopic (exact) mass is 270 g/mol. The molecule has 0 radical (unpaired) electrons. The zero-order chi connectivity index (χ0) is 14.4. The highest BCUT2D eigenvalue weighted by molar-refractivity contribution is 5.89. The predicted octanol–water partition coefficient (Wildman–Crippen LogP) is 3.58. The molecular weight excluding hydrogens is 252 g/mol. The molecule has 104 valence electrons. The van der Waals surface area contributed by atoms with Crippen LogP contribution in [0.2, 0.25) is 0 Å². The molecule has 0 saturated carbocycles. The van der Waals surface area contributed by atoms with Crippen molar-refractivity contribution in [1.29, 1.82) is 0 Å². The van der Waals surface area contributed by atoms with E-state index in [1.54, 1.807) is 31.4 Å². The lowest BCUT2D eigenvalue weighted by atomic mass is 10.1. The average molecular weight is 270 g/mol. The van der Waals surface area contributed by atoms with E-state index in [1.165, 1.54) is 0 Å². The number of nitrogens with one attached hydrogen (secondary N) is 2. The molecule has 0 unspecified atom stereocenters. The number of carbonyl (C=O) groups is 1. The molecule has 0 aliphatic rings. The van der Waals surface area contributed by atoms with Crippen LogP contribution in [-0.2, 0) is 0 Å². The molecule has 4 nitrogen and oxygen atoms in total. The van der Waals surface area contributed by atoms with Crippen molar-refractivity contribution in [3.05, 3.63) is 60.2 Å². The number of anilines is 1. The van der Waals surface area contributed by atoms with Gasteiger partial charge in [0.25, 0.3) is 0 Å². The first kappa shape index (κ1) is 13.9. The van der Waals surface area contributed by atoms with Gasteiger partial charge in [-0.25, -0.2) is 4.79 Å². The molecule has 0 aliphatic carbocycles. The Morgan fingerprint density at radius 2 is 1.70 bits per heavy atom. The number of rotatable bonds is 4.